The number of carbonyl (C=O) groups excluding carboxylic acids is 1. The number of rotatable bonds is 2. The maximum absolute atomic E-state index is 11.7. The summed E-state index contributed by atoms with van der Waals surface area (Å²) in [6.45, 7) is 2.20. The Kier molecular flexibility index (Phi) is 3.77. The second kappa shape index (κ2) is 5.30. The fourth-order valence-electron chi connectivity index (χ4n) is 2.12. The zero-order valence-electron chi connectivity index (χ0n) is 9.40. The Morgan fingerprint density at radius 1 is 1.50 bits per heavy atom. The van der Waals surface area contributed by atoms with Crippen LogP contribution >= 0.6 is 11.3 Å². The summed E-state index contributed by atoms with van der Waals surface area (Å²) in [7, 11) is 0. The number of nitrogens with zero attached hydrogens (tertiary/aromatic N) is 1. The van der Waals surface area contributed by atoms with Crippen molar-refractivity contribution in [1.82, 2.24) is 10.3 Å². The predicted molar refractivity (Wildman–Crippen MR) is 65.7 cm³/mol. The van der Waals surface area contributed by atoms with Gasteiger partial charge in [-0.25, -0.2) is 9.78 Å². The highest BCUT2D eigenvalue weighted by Crippen LogP contribution is 2.23. The summed E-state index contributed by atoms with van der Waals surface area (Å²) in [4.78, 5) is 15.7. The van der Waals surface area contributed by atoms with Crippen LogP contribution in [0.1, 0.15) is 32.6 Å². The fourth-order valence-corrected chi connectivity index (χ4v) is 2.64. The van der Waals surface area contributed by atoms with Crippen molar-refractivity contribution in [1.29, 1.82) is 0 Å². The molecule has 16 heavy (non-hydrogen) atoms. The number of aromatic nitrogens is 1. The molecule has 2 atom stereocenters. The van der Waals surface area contributed by atoms with Crippen LogP contribution in [-0.4, -0.2) is 17.1 Å². The van der Waals surface area contributed by atoms with Gasteiger partial charge in [0, 0.05) is 17.6 Å². The van der Waals surface area contributed by atoms with E-state index in [1.54, 1.807) is 6.20 Å². The molecule has 1 saturated carbocycles. The minimum atomic E-state index is -0.131. The number of hydrogen-bond acceptors (Lipinski definition) is 3. The zero-order chi connectivity index (χ0) is 11.4. The largest absolute Gasteiger partial charge is 0.335 e. The van der Waals surface area contributed by atoms with Crippen molar-refractivity contribution < 1.29 is 4.79 Å². The molecule has 2 amide bonds. The van der Waals surface area contributed by atoms with Gasteiger partial charge in [-0.15, -0.1) is 11.3 Å². The molecule has 1 aliphatic carbocycles. The van der Waals surface area contributed by atoms with E-state index in [9.17, 15) is 4.79 Å². The number of nitrogens with one attached hydrogen (secondary N) is 2. The zero-order valence-corrected chi connectivity index (χ0v) is 10.2. The number of carbonyl (C=O) groups is 1. The van der Waals surface area contributed by atoms with Crippen molar-refractivity contribution in [2.75, 3.05) is 5.32 Å². The molecule has 1 aromatic rings. The van der Waals surface area contributed by atoms with Gasteiger partial charge < -0.3 is 5.32 Å². The Bertz CT molecular complexity index is 339. The molecule has 0 unspecified atom stereocenters. The minimum Gasteiger partial charge on any atom is -0.335 e. The van der Waals surface area contributed by atoms with Crippen LogP contribution in [0.4, 0.5) is 9.93 Å². The lowest BCUT2D eigenvalue weighted by Gasteiger charge is -2.29. The van der Waals surface area contributed by atoms with Crippen LogP contribution in [0.15, 0.2) is 11.6 Å². The van der Waals surface area contributed by atoms with E-state index >= 15 is 0 Å². The molecule has 1 heterocycles. The lowest BCUT2D eigenvalue weighted by Crippen LogP contribution is -2.43. The van der Waals surface area contributed by atoms with E-state index < -0.39 is 0 Å². The van der Waals surface area contributed by atoms with Crippen molar-refractivity contribution in [3.05, 3.63) is 11.6 Å². The molecule has 2 rings (SSSR count). The molecule has 0 spiro atoms. The van der Waals surface area contributed by atoms with E-state index in [0.717, 1.165) is 6.42 Å². The molecule has 0 bridgehead atoms. The fraction of sp³-hybridized carbons (Fsp3) is 0.636. The third-order valence-corrected chi connectivity index (χ3v) is 3.77. The Hall–Kier alpha value is -1.10. The monoisotopic (exact) mass is 239 g/mol. The number of urea groups is 1. The van der Waals surface area contributed by atoms with Crippen LogP contribution in [0.2, 0.25) is 0 Å². The van der Waals surface area contributed by atoms with Gasteiger partial charge in [0.25, 0.3) is 0 Å². The number of thiazole rings is 1. The summed E-state index contributed by atoms with van der Waals surface area (Å²) in [6.07, 6.45) is 6.48. The van der Waals surface area contributed by atoms with E-state index in [2.05, 4.69) is 22.5 Å². The summed E-state index contributed by atoms with van der Waals surface area (Å²) < 4.78 is 0. The summed E-state index contributed by atoms with van der Waals surface area (Å²) in [5.74, 6) is 0.579. The molecule has 4 nitrogen and oxygen atoms in total. The summed E-state index contributed by atoms with van der Waals surface area (Å²) in [5, 5.41) is 8.27. The third-order valence-electron chi connectivity index (χ3n) is 3.08. The molecule has 0 saturated heterocycles. The van der Waals surface area contributed by atoms with Crippen molar-refractivity contribution in [3.8, 4) is 0 Å². The van der Waals surface area contributed by atoms with Crippen molar-refractivity contribution in [3.63, 3.8) is 0 Å². The highest BCUT2D eigenvalue weighted by atomic mass is 32.1. The maximum atomic E-state index is 11.7. The third kappa shape index (κ3) is 2.95. The second-order valence-electron chi connectivity index (χ2n) is 4.30. The van der Waals surface area contributed by atoms with Gasteiger partial charge in [-0.2, -0.15) is 0 Å². The van der Waals surface area contributed by atoms with Crippen LogP contribution in [0, 0.1) is 5.92 Å². The first-order valence-corrected chi connectivity index (χ1v) is 6.60. The highest BCUT2D eigenvalue weighted by Gasteiger charge is 2.22. The molecular formula is C11H17N3OS. The Morgan fingerprint density at radius 2 is 2.31 bits per heavy atom. The molecule has 1 fully saturated rings. The first-order chi connectivity index (χ1) is 7.75. The topological polar surface area (TPSA) is 54.0 Å². The Morgan fingerprint density at radius 3 is 3.00 bits per heavy atom. The van der Waals surface area contributed by atoms with Crippen LogP contribution in [0.25, 0.3) is 0 Å². The van der Waals surface area contributed by atoms with E-state index in [0.29, 0.717) is 17.1 Å². The van der Waals surface area contributed by atoms with Gasteiger partial charge in [0.15, 0.2) is 5.13 Å². The smallest absolute Gasteiger partial charge is 0.321 e. The maximum Gasteiger partial charge on any atom is 0.321 e. The molecule has 1 aromatic heterocycles. The average molecular weight is 239 g/mol. The first-order valence-electron chi connectivity index (χ1n) is 5.72. The van der Waals surface area contributed by atoms with Crippen molar-refractivity contribution in [2.24, 2.45) is 5.92 Å². The molecule has 0 radical (unpaired) electrons. The highest BCUT2D eigenvalue weighted by molar-refractivity contribution is 7.13. The van der Waals surface area contributed by atoms with Gasteiger partial charge in [0.05, 0.1) is 0 Å². The number of hydrogen-bond donors (Lipinski definition) is 2. The van der Waals surface area contributed by atoms with Gasteiger partial charge >= 0.3 is 6.03 Å². The molecular weight excluding hydrogens is 222 g/mol. The van der Waals surface area contributed by atoms with Gasteiger partial charge in [-0.3, -0.25) is 5.32 Å². The second-order valence-corrected chi connectivity index (χ2v) is 5.20. The summed E-state index contributed by atoms with van der Waals surface area (Å²) in [5.41, 5.74) is 0. The lowest BCUT2D eigenvalue weighted by molar-refractivity contribution is 0.232. The minimum absolute atomic E-state index is 0.131. The van der Waals surface area contributed by atoms with E-state index in [1.165, 1.54) is 30.6 Å². The Labute approximate surface area is 99.5 Å². The van der Waals surface area contributed by atoms with Crippen molar-refractivity contribution >= 4 is 22.5 Å². The standard InChI is InChI=1S/C11H17N3OS/c1-8-4-2-3-5-9(8)13-10(15)14-11-12-6-7-16-11/h6-9H,2-5H2,1H3,(H2,12,13,14,15)/t8-,9-/m0/s1. The first kappa shape index (κ1) is 11.4. The lowest BCUT2D eigenvalue weighted by atomic mass is 9.86. The van der Waals surface area contributed by atoms with Gasteiger partial charge in [0.2, 0.25) is 0 Å². The van der Waals surface area contributed by atoms with Crippen molar-refractivity contribution in [2.45, 2.75) is 38.6 Å². The van der Waals surface area contributed by atoms with E-state index in [1.807, 2.05) is 5.38 Å². The molecule has 2 N–H and O–H groups in total. The number of anilines is 1. The summed E-state index contributed by atoms with van der Waals surface area (Å²) >= 11 is 1.43. The van der Waals surface area contributed by atoms with E-state index in [-0.39, 0.29) is 6.03 Å². The van der Waals surface area contributed by atoms with Crippen LogP contribution in [0.5, 0.6) is 0 Å². The van der Waals surface area contributed by atoms with Crippen LogP contribution in [0.3, 0.4) is 0 Å². The Balaban J connectivity index is 1.82. The van der Waals surface area contributed by atoms with Gasteiger partial charge in [-0.05, 0) is 18.8 Å². The van der Waals surface area contributed by atoms with E-state index in [4.69, 9.17) is 0 Å². The molecule has 1 aliphatic rings. The molecule has 0 aliphatic heterocycles. The molecule has 5 heteroatoms. The van der Waals surface area contributed by atoms with Crippen LogP contribution in [-0.2, 0) is 0 Å². The quantitative estimate of drug-likeness (QED) is 0.833. The molecule has 88 valence electrons. The predicted octanol–water partition coefficient (Wildman–Crippen LogP) is 2.84. The average Bonchev–Trinajstić information content (AvgIpc) is 2.74. The van der Waals surface area contributed by atoms with Gasteiger partial charge in [-0.1, -0.05) is 19.8 Å². The number of amides is 2. The molecule has 0 aromatic carbocycles. The van der Waals surface area contributed by atoms with Gasteiger partial charge in [0.1, 0.15) is 0 Å². The normalized spacial score (nSPS) is 25.1. The van der Waals surface area contributed by atoms with Crippen LogP contribution < -0.4 is 10.6 Å². The SMILES string of the molecule is C[C@H]1CCCC[C@@H]1NC(=O)Nc1nccs1. The summed E-state index contributed by atoms with van der Waals surface area (Å²) in [6, 6.07) is 0.183.